The van der Waals surface area contributed by atoms with Crippen LogP contribution in [0.1, 0.15) is 5.56 Å². The zero-order valence-electron chi connectivity index (χ0n) is 8.30. The molecule has 0 unspecified atom stereocenters. The summed E-state index contributed by atoms with van der Waals surface area (Å²) in [6, 6.07) is 9.73. The average Bonchev–Trinajstić information content (AvgIpc) is 2.64. The van der Waals surface area contributed by atoms with E-state index in [4.69, 9.17) is 11.6 Å². The molecule has 0 amide bonds. The molecule has 0 fully saturated rings. The second kappa shape index (κ2) is 4.75. The maximum atomic E-state index is 10.2. The highest BCUT2D eigenvalue weighted by molar-refractivity contribution is 6.32. The molecule has 80 valence electrons. The van der Waals surface area contributed by atoms with Crippen LogP contribution in [0.2, 0.25) is 5.02 Å². The largest absolute Gasteiger partial charge is 0.242 e. The number of benzene rings is 1. The smallest absolute Gasteiger partial charge is 0.241 e. The van der Waals surface area contributed by atoms with E-state index in [9.17, 15) is 4.79 Å². The number of hydrogen-bond acceptors (Lipinski definition) is 3. The fourth-order valence-corrected chi connectivity index (χ4v) is 1.57. The van der Waals surface area contributed by atoms with Crippen molar-refractivity contribution in [3.05, 3.63) is 47.1 Å². The average molecular weight is 234 g/mol. The van der Waals surface area contributed by atoms with Crippen molar-refractivity contribution >= 4 is 23.5 Å². The first-order valence-corrected chi connectivity index (χ1v) is 5.02. The van der Waals surface area contributed by atoms with Crippen LogP contribution in [0.5, 0.6) is 0 Å². The fraction of sp³-hybridized carbons (Fsp3) is 0.0909. The van der Waals surface area contributed by atoms with Crippen molar-refractivity contribution in [2.24, 2.45) is 4.99 Å². The van der Waals surface area contributed by atoms with Gasteiger partial charge in [-0.2, -0.15) is 5.10 Å². The van der Waals surface area contributed by atoms with Crippen molar-refractivity contribution in [3.63, 3.8) is 0 Å². The number of nitrogens with zero attached hydrogens (tertiary/aromatic N) is 3. The van der Waals surface area contributed by atoms with E-state index in [0.717, 1.165) is 5.56 Å². The first-order valence-electron chi connectivity index (χ1n) is 4.64. The minimum absolute atomic E-state index is 0.334. The van der Waals surface area contributed by atoms with Crippen molar-refractivity contribution in [1.29, 1.82) is 0 Å². The van der Waals surface area contributed by atoms with Crippen molar-refractivity contribution in [1.82, 2.24) is 9.78 Å². The summed E-state index contributed by atoms with van der Waals surface area (Å²) in [4.78, 5) is 13.8. The molecule has 0 saturated carbocycles. The molecule has 0 radical (unpaired) electrons. The monoisotopic (exact) mass is 233 g/mol. The summed E-state index contributed by atoms with van der Waals surface area (Å²) < 4.78 is 1.56. The van der Waals surface area contributed by atoms with Crippen LogP contribution in [-0.2, 0) is 11.3 Å². The molecule has 0 aliphatic carbocycles. The summed E-state index contributed by atoms with van der Waals surface area (Å²) >= 11 is 5.83. The van der Waals surface area contributed by atoms with Gasteiger partial charge in [-0.05, 0) is 5.56 Å². The summed E-state index contributed by atoms with van der Waals surface area (Å²) in [6.07, 6.45) is 2.93. The number of rotatable bonds is 3. The number of aliphatic imine (C=N–C) groups is 1. The van der Waals surface area contributed by atoms with Crippen molar-refractivity contribution in [3.8, 4) is 0 Å². The lowest BCUT2D eigenvalue weighted by Crippen LogP contribution is -2.00. The third-order valence-corrected chi connectivity index (χ3v) is 2.36. The van der Waals surface area contributed by atoms with Gasteiger partial charge >= 0.3 is 0 Å². The quantitative estimate of drug-likeness (QED) is 0.604. The number of carbonyl (C=O) groups excluding carboxylic acids is 1. The van der Waals surface area contributed by atoms with E-state index in [1.165, 1.54) is 12.3 Å². The highest BCUT2D eigenvalue weighted by Crippen LogP contribution is 2.24. The molecule has 0 bridgehead atoms. The Morgan fingerprint density at radius 2 is 2.12 bits per heavy atom. The zero-order chi connectivity index (χ0) is 11.4. The maximum absolute atomic E-state index is 10.2. The van der Waals surface area contributed by atoms with Crippen LogP contribution in [0.3, 0.4) is 0 Å². The molecule has 1 aromatic heterocycles. The predicted octanol–water partition coefficient (Wildman–Crippen LogP) is 2.55. The number of isocyanates is 1. The molecule has 0 spiro atoms. The summed E-state index contributed by atoms with van der Waals surface area (Å²) in [5.74, 6) is 0.334. The number of hydrogen-bond donors (Lipinski definition) is 0. The van der Waals surface area contributed by atoms with E-state index in [1.807, 2.05) is 30.3 Å². The first-order chi connectivity index (χ1) is 7.81. The summed E-state index contributed by atoms with van der Waals surface area (Å²) in [7, 11) is 0. The molecule has 2 aromatic rings. The SMILES string of the molecule is O=C=Nc1c(Cl)cnn1Cc1ccccc1. The van der Waals surface area contributed by atoms with Crippen molar-refractivity contribution in [2.75, 3.05) is 0 Å². The maximum Gasteiger partial charge on any atom is 0.242 e. The Hall–Kier alpha value is -1.90. The fourth-order valence-electron chi connectivity index (χ4n) is 1.38. The Kier molecular flexibility index (Phi) is 3.15. The lowest BCUT2D eigenvalue weighted by Gasteiger charge is -2.02. The lowest BCUT2D eigenvalue weighted by molar-refractivity contribution is 0.564. The van der Waals surface area contributed by atoms with Crippen LogP contribution in [0, 0.1) is 0 Å². The molecular formula is C11H8ClN3O. The molecule has 0 aliphatic heterocycles. The van der Waals surface area contributed by atoms with Crippen molar-refractivity contribution < 1.29 is 4.79 Å². The van der Waals surface area contributed by atoms with Gasteiger partial charge < -0.3 is 0 Å². The molecule has 0 atom stereocenters. The van der Waals surface area contributed by atoms with Gasteiger partial charge in [0.05, 0.1) is 12.7 Å². The van der Waals surface area contributed by atoms with Gasteiger partial charge in [0.2, 0.25) is 6.08 Å². The Morgan fingerprint density at radius 1 is 1.38 bits per heavy atom. The van der Waals surface area contributed by atoms with Crippen LogP contribution in [-0.4, -0.2) is 15.9 Å². The molecular weight excluding hydrogens is 226 g/mol. The molecule has 1 heterocycles. The van der Waals surface area contributed by atoms with Gasteiger partial charge in [-0.1, -0.05) is 41.9 Å². The molecule has 1 aromatic carbocycles. The molecule has 4 nitrogen and oxygen atoms in total. The van der Waals surface area contributed by atoms with Gasteiger partial charge in [-0.25, -0.2) is 9.48 Å². The van der Waals surface area contributed by atoms with Crippen LogP contribution < -0.4 is 0 Å². The van der Waals surface area contributed by atoms with Crippen LogP contribution >= 0.6 is 11.6 Å². The number of aromatic nitrogens is 2. The third-order valence-electron chi connectivity index (χ3n) is 2.10. The molecule has 0 N–H and O–H groups in total. The van der Waals surface area contributed by atoms with E-state index >= 15 is 0 Å². The standard InChI is InChI=1S/C11H8ClN3O/c12-10-6-14-15(11(10)13-8-16)7-9-4-2-1-3-5-9/h1-6H,7H2. The van der Waals surface area contributed by atoms with E-state index in [1.54, 1.807) is 4.68 Å². The summed E-state index contributed by atoms with van der Waals surface area (Å²) in [6.45, 7) is 0.522. The van der Waals surface area contributed by atoms with E-state index in [0.29, 0.717) is 17.4 Å². The topological polar surface area (TPSA) is 47.2 Å². The van der Waals surface area contributed by atoms with Gasteiger partial charge in [0.25, 0.3) is 0 Å². The van der Waals surface area contributed by atoms with Crippen LogP contribution in [0.4, 0.5) is 5.82 Å². The number of halogens is 1. The summed E-state index contributed by atoms with van der Waals surface area (Å²) in [5.41, 5.74) is 1.06. The van der Waals surface area contributed by atoms with E-state index in [-0.39, 0.29) is 0 Å². The zero-order valence-corrected chi connectivity index (χ0v) is 9.05. The van der Waals surface area contributed by atoms with Gasteiger partial charge in [-0.15, -0.1) is 4.99 Å². The minimum Gasteiger partial charge on any atom is -0.241 e. The second-order valence-electron chi connectivity index (χ2n) is 3.16. The predicted molar refractivity (Wildman–Crippen MR) is 60.6 cm³/mol. The Bertz CT molecular complexity index is 529. The lowest BCUT2D eigenvalue weighted by atomic mass is 10.2. The highest BCUT2D eigenvalue weighted by Gasteiger charge is 2.07. The van der Waals surface area contributed by atoms with Gasteiger partial charge in [-0.3, -0.25) is 0 Å². The van der Waals surface area contributed by atoms with Gasteiger partial charge in [0.15, 0.2) is 5.82 Å². The molecule has 0 aliphatic rings. The van der Waals surface area contributed by atoms with Gasteiger partial charge in [0, 0.05) is 0 Å². The Morgan fingerprint density at radius 3 is 2.81 bits per heavy atom. The molecule has 5 heteroatoms. The van der Waals surface area contributed by atoms with Gasteiger partial charge in [0.1, 0.15) is 5.02 Å². The normalized spacial score (nSPS) is 9.81. The molecule has 2 rings (SSSR count). The first kappa shape index (κ1) is 10.6. The molecule has 0 saturated heterocycles. The third kappa shape index (κ3) is 2.19. The highest BCUT2D eigenvalue weighted by atomic mass is 35.5. The Labute approximate surface area is 97.2 Å². The van der Waals surface area contributed by atoms with E-state index in [2.05, 4.69) is 10.1 Å². The molecule has 16 heavy (non-hydrogen) atoms. The van der Waals surface area contributed by atoms with E-state index < -0.39 is 0 Å². The van der Waals surface area contributed by atoms with Crippen molar-refractivity contribution in [2.45, 2.75) is 6.54 Å². The second-order valence-corrected chi connectivity index (χ2v) is 3.57. The summed E-state index contributed by atoms with van der Waals surface area (Å²) in [5, 5.41) is 4.39. The Balaban J connectivity index is 2.32. The minimum atomic E-state index is 0.334. The van der Waals surface area contributed by atoms with Crippen LogP contribution in [0.15, 0.2) is 41.5 Å². The van der Waals surface area contributed by atoms with Crippen LogP contribution in [0.25, 0.3) is 0 Å².